The normalized spacial score (nSPS) is 25.4. The smallest absolute Gasteiger partial charge is 0.237 e. The van der Waals surface area contributed by atoms with Crippen LogP contribution in [0.3, 0.4) is 0 Å². The Balaban J connectivity index is 1.72. The summed E-state index contributed by atoms with van der Waals surface area (Å²) >= 11 is 0. The standard InChI is InChI=1S/C16H29N3O2/c1-16(2)8-6-9-17-14(16)15(21)18-10-7-13(20)19-11-4-3-5-12-19/h14,17H,3-12H2,1-2H3,(H,18,21). The summed E-state index contributed by atoms with van der Waals surface area (Å²) < 4.78 is 0. The second-order valence-electron chi connectivity index (χ2n) is 6.96. The Bertz CT molecular complexity index is 376. The molecule has 2 rings (SSSR count). The molecule has 0 bridgehead atoms. The van der Waals surface area contributed by atoms with Crippen LogP contribution in [-0.4, -0.2) is 48.9 Å². The highest BCUT2D eigenvalue weighted by atomic mass is 16.2. The fourth-order valence-corrected chi connectivity index (χ4v) is 3.35. The lowest BCUT2D eigenvalue weighted by atomic mass is 9.77. The summed E-state index contributed by atoms with van der Waals surface area (Å²) in [5.41, 5.74) is -0.0147. The zero-order valence-corrected chi connectivity index (χ0v) is 13.4. The van der Waals surface area contributed by atoms with Gasteiger partial charge in [0.05, 0.1) is 6.04 Å². The van der Waals surface area contributed by atoms with Crippen molar-refractivity contribution in [3.8, 4) is 0 Å². The SMILES string of the molecule is CC1(C)CCCNC1C(=O)NCCC(=O)N1CCCCC1. The Morgan fingerprint density at radius 3 is 2.57 bits per heavy atom. The lowest BCUT2D eigenvalue weighted by Crippen LogP contribution is -2.55. The summed E-state index contributed by atoms with van der Waals surface area (Å²) in [6.45, 7) is 7.36. The number of hydrogen-bond acceptors (Lipinski definition) is 3. The summed E-state index contributed by atoms with van der Waals surface area (Å²) in [7, 11) is 0. The van der Waals surface area contributed by atoms with E-state index >= 15 is 0 Å². The van der Waals surface area contributed by atoms with Crippen molar-refractivity contribution in [3.05, 3.63) is 0 Å². The van der Waals surface area contributed by atoms with Crippen LogP contribution >= 0.6 is 0 Å². The molecular formula is C16H29N3O2. The fourth-order valence-electron chi connectivity index (χ4n) is 3.35. The van der Waals surface area contributed by atoms with Crippen LogP contribution < -0.4 is 10.6 Å². The zero-order valence-electron chi connectivity index (χ0n) is 13.4. The molecule has 0 aromatic rings. The average molecular weight is 295 g/mol. The van der Waals surface area contributed by atoms with Crippen molar-refractivity contribution in [3.63, 3.8) is 0 Å². The molecule has 1 unspecified atom stereocenters. The average Bonchev–Trinajstić information content (AvgIpc) is 2.47. The van der Waals surface area contributed by atoms with Gasteiger partial charge in [-0.1, -0.05) is 13.8 Å². The van der Waals surface area contributed by atoms with E-state index in [4.69, 9.17) is 0 Å². The highest BCUT2D eigenvalue weighted by molar-refractivity contribution is 5.83. The maximum Gasteiger partial charge on any atom is 0.237 e. The molecule has 120 valence electrons. The topological polar surface area (TPSA) is 61.4 Å². The lowest BCUT2D eigenvalue weighted by molar-refractivity contribution is -0.132. The molecule has 2 N–H and O–H groups in total. The predicted molar refractivity (Wildman–Crippen MR) is 82.9 cm³/mol. The third kappa shape index (κ3) is 4.43. The van der Waals surface area contributed by atoms with Gasteiger partial charge >= 0.3 is 0 Å². The maximum absolute atomic E-state index is 12.3. The number of amides is 2. The first-order chi connectivity index (χ1) is 10.0. The van der Waals surface area contributed by atoms with E-state index < -0.39 is 0 Å². The van der Waals surface area contributed by atoms with E-state index in [1.807, 2.05) is 4.90 Å². The molecule has 1 atom stereocenters. The molecule has 0 aliphatic carbocycles. The molecule has 2 heterocycles. The Morgan fingerprint density at radius 2 is 1.90 bits per heavy atom. The van der Waals surface area contributed by atoms with Gasteiger partial charge in [0.1, 0.15) is 0 Å². The van der Waals surface area contributed by atoms with Gasteiger partial charge in [-0.25, -0.2) is 0 Å². The quantitative estimate of drug-likeness (QED) is 0.821. The Labute approximate surface area is 127 Å². The van der Waals surface area contributed by atoms with Crippen molar-refractivity contribution in [1.82, 2.24) is 15.5 Å². The van der Waals surface area contributed by atoms with Crippen LogP contribution in [-0.2, 0) is 9.59 Å². The van der Waals surface area contributed by atoms with E-state index in [1.165, 1.54) is 6.42 Å². The van der Waals surface area contributed by atoms with Crippen LogP contribution in [0.2, 0.25) is 0 Å². The van der Waals surface area contributed by atoms with Crippen molar-refractivity contribution in [2.45, 2.75) is 58.4 Å². The number of carbonyl (C=O) groups excluding carboxylic acids is 2. The van der Waals surface area contributed by atoms with Crippen molar-refractivity contribution in [2.75, 3.05) is 26.2 Å². The summed E-state index contributed by atoms with van der Waals surface area (Å²) in [6.07, 6.45) is 6.04. The van der Waals surface area contributed by atoms with Gasteiger partial charge in [-0.15, -0.1) is 0 Å². The minimum Gasteiger partial charge on any atom is -0.354 e. The van der Waals surface area contributed by atoms with E-state index in [0.29, 0.717) is 13.0 Å². The molecule has 2 fully saturated rings. The lowest BCUT2D eigenvalue weighted by Gasteiger charge is -2.38. The summed E-state index contributed by atoms with van der Waals surface area (Å²) in [5.74, 6) is 0.206. The molecule has 0 saturated carbocycles. The number of hydrogen-bond donors (Lipinski definition) is 2. The Kier molecular flexibility index (Phi) is 5.62. The molecule has 2 aliphatic heterocycles. The first-order valence-electron chi connectivity index (χ1n) is 8.29. The molecule has 2 amide bonds. The largest absolute Gasteiger partial charge is 0.354 e. The summed E-state index contributed by atoms with van der Waals surface area (Å²) in [4.78, 5) is 26.2. The Morgan fingerprint density at radius 1 is 1.19 bits per heavy atom. The second kappa shape index (κ2) is 7.25. The third-order valence-electron chi connectivity index (χ3n) is 4.74. The van der Waals surface area contributed by atoms with Gasteiger partial charge in [0, 0.05) is 26.1 Å². The molecular weight excluding hydrogens is 266 g/mol. The molecule has 0 aromatic carbocycles. The zero-order chi connectivity index (χ0) is 15.3. The van der Waals surface area contributed by atoms with Gasteiger partial charge < -0.3 is 15.5 Å². The molecule has 0 aromatic heterocycles. The fraction of sp³-hybridized carbons (Fsp3) is 0.875. The first kappa shape index (κ1) is 16.3. The van der Waals surface area contributed by atoms with Gasteiger partial charge in [-0.05, 0) is 44.1 Å². The minimum atomic E-state index is -0.142. The molecule has 5 heteroatoms. The van der Waals surface area contributed by atoms with E-state index in [1.54, 1.807) is 0 Å². The van der Waals surface area contributed by atoms with Crippen molar-refractivity contribution in [2.24, 2.45) is 5.41 Å². The van der Waals surface area contributed by atoms with Crippen LogP contribution in [0.1, 0.15) is 52.4 Å². The number of likely N-dealkylation sites (tertiary alicyclic amines) is 1. The molecule has 2 aliphatic rings. The number of rotatable bonds is 4. The number of carbonyl (C=O) groups is 2. The van der Waals surface area contributed by atoms with E-state index in [0.717, 1.165) is 45.3 Å². The van der Waals surface area contributed by atoms with Crippen LogP contribution in [0.15, 0.2) is 0 Å². The van der Waals surface area contributed by atoms with Crippen molar-refractivity contribution < 1.29 is 9.59 Å². The third-order valence-corrected chi connectivity index (χ3v) is 4.74. The van der Waals surface area contributed by atoms with Crippen LogP contribution in [0.25, 0.3) is 0 Å². The molecule has 5 nitrogen and oxygen atoms in total. The minimum absolute atomic E-state index is 0.0147. The van der Waals surface area contributed by atoms with Crippen molar-refractivity contribution >= 4 is 11.8 Å². The van der Waals surface area contributed by atoms with Gasteiger partial charge in [0.2, 0.25) is 11.8 Å². The second-order valence-corrected chi connectivity index (χ2v) is 6.96. The maximum atomic E-state index is 12.3. The summed E-state index contributed by atoms with van der Waals surface area (Å²) in [6, 6.07) is -0.142. The van der Waals surface area contributed by atoms with Gasteiger partial charge in [-0.3, -0.25) is 9.59 Å². The van der Waals surface area contributed by atoms with Gasteiger partial charge in [0.25, 0.3) is 0 Å². The van der Waals surface area contributed by atoms with E-state index in [-0.39, 0.29) is 23.3 Å². The monoisotopic (exact) mass is 295 g/mol. The van der Waals surface area contributed by atoms with Crippen LogP contribution in [0.5, 0.6) is 0 Å². The number of nitrogens with zero attached hydrogens (tertiary/aromatic N) is 1. The first-order valence-corrected chi connectivity index (χ1v) is 8.29. The van der Waals surface area contributed by atoms with E-state index in [9.17, 15) is 9.59 Å². The van der Waals surface area contributed by atoms with Crippen LogP contribution in [0, 0.1) is 5.41 Å². The predicted octanol–water partition coefficient (Wildman–Crippen LogP) is 1.28. The highest BCUT2D eigenvalue weighted by Crippen LogP contribution is 2.30. The molecule has 0 spiro atoms. The van der Waals surface area contributed by atoms with Gasteiger partial charge in [0.15, 0.2) is 0 Å². The van der Waals surface area contributed by atoms with Crippen LogP contribution in [0.4, 0.5) is 0 Å². The number of nitrogens with one attached hydrogen (secondary N) is 2. The summed E-state index contributed by atoms with van der Waals surface area (Å²) in [5, 5.41) is 6.23. The number of piperidine rings is 2. The van der Waals surface area contributed by atoms with Crippen molar-refractivity contribution in [1.29, 1.82) is 0 Å². The molecule has 0 radical (unpaired) electrons. The highest BCUT2D eigenvalue weighted by Gasteiger charge is 2.36. The Hall–Kier alpha value is -1.10. The molecule has 2 saturated heterocycles. The van der Waals surface area contributed by atoms with E-state index in [2.05, 4.69) is 24.5 Å². The molecule has 21 heavy (non-hydrogen) atoms. The van der Waals surface area contributed by atoms with Gasteiger partial charge in [-0.2, -0.15) is 0 Å².